The first kappa shape index (κ1) is 25.1. The van der Waals surface area contributed by atoms with Crippen molar-refractivity contribution in [2.75, 3.05) is 13.1 Å². The number of nitrogens with zero attached hydrogens (tertiary/aromatic N) is 2. The average molecular weight is 464 g/mol. The van der Waals surface area contributed by atoms with E-state index in [1.807, 2.05) is 45.0 Å². The molecule has 2 aromatic rings. The zero-order valence-electron chi connectivity index (χ0n) is 20.3. The van der Waals surface area contributed by atoms with Crippen molar-refractivity contribution < 1.29 is 19.2 Å². The van der Waals surface area contributed by atoms with Crippen LogP contribution in [-0.2, 0) is 16.1 Å². The van der Waals surface area contributed by atoms with E-state index in [9.17, 15) is 19.2 Å². The Labute approximate surface area is 201 Å². The van der Waals surface area contributed by atoms with Crippen LogP contribution in [0, 0.1) is 12.8 Å². The Bertz CT molecular complexity index is 1040. The van der Waals surface area contributed by atoms with Crippen LogP contribution in [0.5, 0.6) is 0 Å². The summed E-state index contributed by atoms with van der Waals surface area (Å²) in [5, 5.41) is 2.91. The standard InChI is InChI=1S/C27H33N3O4/c1-18(2)16-28-25(32)20(4)30(17-21-11-6-5-10-19(21)3)24(31)14-9-15-29-26(33)22-12-7-8-13-23(22)27(29)34/h5-8,10-13,18,20H,9,14-17H2,1-4H3,(H,28,32)/t20-/m0/s1. The zero-order chi connectivity index (χ0) is 24.8. The number of rotatable bonds is 10. The number of fused-ring (bicyclic) bond motifs is 1. The highest BCUT2D eigenvalue weighted by Gasteiger charge is 2.35. The highest BCUT2D eigenvalue weighted by molar-refractivity contribution is 6.21. The van der Waals surface area contributed by atoms with E-state index in [0.29, 0.717) is 36.6 Å². The van der Waals surface area contributed by atoms with Gasteiger partial charge in [-0.1, -0.05) is 50.2 Å². The molecular formula is C27H33N3O4. The molecule has 1 heterocycles. The van der Waals surface area contributed by atoms with Crippen LogP contribution in [0.2, 0.25) is 0 Å². The van der Waals surface area contributed by atoms with E-state index in [2.05, 4.69) is 5.32 Å². The van der Waals surface area contributed by atoms with Crippen molar-refractivity contribution in [3.05, 3.63) is 70.8 Å². The van der Waals surface area contributed by atoms with Crippen molar-refractivity contribution in [1.29, 1.82) is 0 Å². The molecule has 0 aliphatic carbocycles. The van der Waals surface area contributed by atoms with E-state index >= 15 is 0 Å². The molecule has 7 heteroatoms. The minimum Gasteiger partial charge on any atom is -0.354 e. The lowest BCUT2D eigenvalue weighted by atomic mass is 10.1. The molecule has 1 aliphatic heterocycles. The molecule has 3 rings (SSSR count). The monoisotopic (exact) mass is 463 g/mol. The number of benzene rings is 2. The van der Waals surface area contributed by atoms with Crippen molar-refractivity contribution in [2.24, 2.45) is 5.92 Å². The van der Waals surface area contributed by atoms with Crippen LogP contribution in [0.3, 0.4) is 0 Å². The third-order valence-corrected chi connectivity index (χ3v) is 6.10. The van der Waals surface area contributed by atoms with E-state index in [1.54, 1.807) is 36.1 Å². The molecule has 0 saturated carbocycles. The Morgan fingerprint density at radius 1 is 0.941 bits per heavy atom. The van der Waals surface area contributed by atoms with Crippen molar-refractivity contribution in [3.63, 3.8) is 0 Å². The molecule has 7 nitrogen and oxygen atoms in total. The molecule has 1 atom stereocenters. The Hall–Kier alpha value is -3.48. The summed E-state index contributed by atoms with van der Waals surface area (Å²) in [6, 6.07) is 13.9. The fourth-order valence-corrected chi connectivity index (χ4v) is 3.98. The van der Waals surface area contributed by atoms with Crippen LogP contribution in [0.4, 0.5) is 0 Å². The molecule has 0 spiro atoms. The molecule has 0 fully saturated rings. The molecule has 2 aromatic carbocycles. The van der Waals surface area contributed by atoms with Gasteiger partial charge in [-0.2, -0.15) is 0 Å². The molecular weight excluding hydrogens is 430 g/mol. The maximum atomic E-state index is 13.3. The minimum atomic E-state index is -0.648. The lowest BCUT2D eigenvalue weighted by Crippen LogP contribution is -2.48. The largest absolute Gasteiger partial charge is 0.354 e. The lowest BCUT2D eigenvalue weighted by Gasteiger charge is -2.30. The molecule has 4 amide bonds. The number of carbonyl (C=O) groups is 4. The number of imide groups is 1. The normalized spacial score (nSPS) is 13.7. The predicted molar refractivity (Wildman–Crippen MR) is 130 cm³/mol. The highest BCUT2D eigenvalue weighted by Crippen LogP contribution is 2.23. The van der Waals surface area contributed by atoms with E-state index in [4.69, 9.17) is 0 Å². The van der Waals surface area contributed by atoms with Gasteiger partial charge in [0.2, 0.25) is 11.8 Å². The van der Waals surface area contributed by atoms with E-state index in [0.717, 1.165) is 11.1 Å². The Morgan fingerprint density at radius 2 is 1.53 bits per heavy atom. The van der Waals surface area contributed by atoms with Gasteiger partial charge in [-0.15, -0.1) is 0 Å². The second-order valence-corrected chi connectivity index (χ2v) is 9.17. The number of hydrogen-bond donors (Lipinski definition) is 1. The maximum absolute atomic E-state index is 13.3. The van der Waals surface area contributed by atoms with Gasteiger partial charge < -0.3 is 10.2 Å². The summed E-state index contributed by atoms with van der Waals surface area (Å²) in [6.07, 6.45) is 0.454. The second-order valence-electron chi connectivity index (χ2n) is 9.17. The van der Waals surface area contributed by atoms with E-state index in [-0.39, 0.29) is 36.6 Å². The van der Waals surface area contributed by atoms with Crippen LogP contribution in [0.1, 0.15) is 65.5 Å². The molecule has 34 heavy (non-hydrogen) atoms. The summed E-state index contributed by atoms with van der Waals surface area (Å²) in [6.45, 7) is 8.74. The number of carbonyl (C=O) groups excluding carboxylic acids is 4. The first-order valence-electron chi connectivity index (χ1n) is 11.8. The first-order valence-corrected chi connectivity index (χ1v) is 11.8. The summed E-state index contributed by atoms with van der Waals surface area (Å²) in [5.74, 6) is -0.739. The van der Waals surface area contributed by atoms with Gasteiger partial charge in [0.25, 0.3) is 11.8 Å². The third kappa shape index (κ3) is 5.71. The van der Waals surface area contributed by atoms with Crippen molar-refractivity contribution in [1.82, 2.24) is 15.1 Å². The van der Waals surface area contributed by atoms with Gasteiger partial charge in [0.1, 0.15) is 6.04 Å². The van der Waals surface area contributed by atoms with Crippen molar-refractivity contribution in [2.45, 2.75) is 53.1 Å². The van der Waals surface area contributed by atoms with Gasteiger partial charge >= 0.3 is 0 Å². The fraction of sp³-hybridized carbons (Fsp3) is 0.407. The molecule has 0 saturated heterocycles. The summed E-state index contributed by atoms with van der Waals surface area (Å²) in [4.78, 5) is 54.0. The molecule has 0 aromatic heterocycles. The van der Waals surface area contributed by atoms with Crippen molar-refractivity contribution in [3.8, 4) is 0 Å². The quantitative estimate of drug-likeness (QED) is 0.546. The maximum Gasteiger partial charge on any atom is 0.261 e. The van der Waals surface area contributed by atoms with Gasteiger partial charge in [0, 0.05) is 26.1 Å². The van der Waals surface area contributed by atoms with Crippen LogP contribution in [-0.4, -0.2) is 52.6 Å². The van der Waals surface area contributed by atoms with Gasteiger partial charge in [0.05, 0.1) is 11.1 Å². The SMILES string of the molecule is Cc1ccccc1CN(C(=O)CCCN1C(=O)c2ccccc2C1=O)[C@@H](C)C(=O)NCC(C)C. The zero-order valence-corrected chi connectivity index (χ0v) is 20.3. The van der Waals surface area contributed by atoms with Gasteiger partial charge in [0.15, 0.2) is 0 Å². The third-order valence-electron chi connectivity index (χ3n) is 6.10. The number of aryl methyl sites for hydroxylation is 1. The predicted octanol–water partition coefficient (Wildman–Crippen LogP) is 3.56. The minimum absolute atomic E-state index is 0.126. The number of amides is 4. The average Bonchev–Trinajstić information content (AvgIpc) is 3.06. The van der Waals surface area contributed by atoms with Gasteiger partial charge in [-0.3, -0.25) is 24.1 Å². The molecule has 0 unspecified atom stereocenters. The molecule has 1 N–H and O–H groups in total. The molecule has 180 valence electrons. The molecule has 1 aliphatic rings. The van der Waals surface area contributed by atoms with E-state index in [1.165, 1.54) is 4.90 Å². The van der Waals surface area contributed by atoms with Crippen LogP contribution in [0.25, 0.3) is 0 Å². The van der Waals surface area contributed by atoms with E-state index < -0.39 is 6.04 Å². The summed E-state index contributed by atoms with van der Waals surface area (Å²) >= 11 is 0. The number of hydrogen-bond acceptors (Lipinski definition) is 4. The van der Waals surface area contributed by atoms with Crippen LogP contribution in [0.15, 0.2) is 48.5 Å². The van der Waals surface area contributed by atoms with Crippen LogP contribution >= 0.6 is 0 Å². The van der Waals surface area contributed by atoms with Crippen LogP contribution < -0.4 is 5.32 Å². The van der Waals surface area contributed by atoms with Crippen molar-refractivity contribution >= 4 is 23.6 Å². The topological polar surface area (TPSA) is 86.8 Å². The Morgan fingerprint density at radius 3 is 2.12 bits per heavy atom. The summed E-state index contributed by atoms with van der Waals surface area (Å²) in [7, 11) is 0. The fourth-order valence-electron chi connectivity index (χ4n) is 3.98. The first-order chi connectivity index (χ1) is 16.2. The molecule has 0 bridgehead atoms. The van der Waals surface area contributed by atoms with Gasteiger partial charge in [-0.25, -0.2) is 0 Å². The summed E-state index contributed by atoms with van der Waals surface area (Å²) in [5.41, 5.74) is 2.81. The smallest absolute Gasteiger partial charge is 0.261 e. The Balaban J connectivity index is 1.67. The second kappa shape index (κ2) is 11.1. The molecule has 0 radical (unpaired) electrons. The summed E-state index contributed by atoms with van der Waals surface area (Å²) < 4.78 is 0. The van der Waals surface area contributed by atoms with Gasteiger partial charge in [-0.05, 0) is 49.4 Å². The number of nitrogens with one attached hydrogen (secondary N) is 1. The highest BCUT2D eigenvalue weighted by atomic mass is 16.2. The lowest BCUT2D eigenvalue weighted by molar-refractivity contribution is -0.140. The Kier molecular flexibility index (Phi) is 8.21.